The standard InChI is InChI=1S/C9H10N4S/c1-7-11-3-2-9(13-7)12-5-8-4-10-6-14-8/h2-4,6H,5H2,1H3,(H,11,12,13). The Kier molecular flexibility index (Phi) is 2.69. The van der Waals surface area contributed by atoms with Crippen molar-refractivity contribution in [2.24, 2.45) is 0 Å². The molecule has 5 heteroatoms. The number of hydrogen-bond acceptors (Lipinski definition) is 5. The van der Waals surface area contributed by atoms with Gasteiger partial charge in [0.25, 0.3) is 0 Å². The molecule has 2 aromatic rings. The Labute approximate surface area is 86.1 Å². The molecule has 2 rings (SSSR count). The Hall–Kier alpha value is -1.49. The first-order valence-corrected chi connectivity index (χ1v) is 5.13. The molecule has 2 heterocycles. The van der Waals surface area contributed by atoms with Gasteiger partial charge in [-0.05, 0) is 13.0 Å². The number of rotatable bonds is 3. The molecule has 0 aliphatic rings. The maximum atomic E-state index is 4.23. The molecular formula is C9H10N4S. The van der Waals surface area contributed by atoms with Gasteiger partial charge in [0, 0.05) is 17.3 Å². The van der Waals surface area contributed by atoms with Crippen LogP contribution in [-0.4, -0.2) is 15.0 Å². The minimum atomic E-state index is 0.765. The molecule has 0 radical (unpaired) electrons. The zero-order valence-corrected chi connectivity index (χ0v) is 8.58. The largest absolute Gasteiger partial charge is 0.365 e. The first-order chi connectivity index (χ1) is 6.84. The average molecular weight is 206 g/mol. The SMILES string of the molecule is Cc1nccc(NCc2cncs2)n1. The summed E-state index contributed by atoms with van der Waals surface area (Å²) in [6.45, 7) is 2.64. The van der Waals surface area contributed by atoms with Gasteiger partial charge in [-0.15, -0.1) is 11.3 Å². The van der Waals surface area contributed by atoms with E-state index in [4.69, 9.17) is 0 Å². The summed E-state index contributed by atoms with van der Waals surface area (Å²) in [5.41, 5.74) is 1.82. The third-order valence-electron chi connectivity index (χ3n) is 1.70. The Morgan fingerprint density at radius 3 is 3.14 bits per heavy atom. The predicted octanol–water partition coefficient (Wildman–Crippen LogP) is 1.85. The fourth-order valence-corrected chi connectivity index (χ4v) is 1.60. The molecule has 2 aromatic heterocycles. The third-order valence-corrected chi connectivity index (χ3v) is 2.48. The van der Waals surface area contributed by atoms with Gasteiger partial charge in [0.05, 0.1) is 12.1 Å². The molecule has 0 fully saturated rings. The summed E-state index contributed by atoms with van der Waals surface area (Å²) in [4.78, 5) is 13.5. The van der Waals surface area contributed by atoms with Gasteiger partial charge in [-0.25, -0.2) is 9.97 Å². The average Bonchev–Trinajstić information content (AvgIpc) is 2.67. The highest BCUT2D eigenvalue weighted by molar-refractivity contribution is 7.09. The first kappa shape index (κ1) is 9.08. The molecule has 0 amide bonds. The number of hydrogen-bond donors (Lipinski definition) is 1. The molecule has 0 spiro atoms. The van der Waals surface area contributed by atoms with E-state index in [1.807, 2.05) is 24.7 Å². The van der Waals surface area contributed by atoms with Crippen LogP contribution in [0.1, 0.15) is 10.7 Å². The molecule has 14 heavy (non-hydrogen) atoms. The second-order valence-corrected chi connectivity index (χ2v) is 3.78. The molecular weight excluding hydrogens is 196 g/mol. The van der Waals surface area contributed by atoms with Gasteiger partial charge >= 0.3 is 0 Å². The topological polar surface area (TPSA) is 50.7 Å². The Balaban J connectivity index is 1.98. The first-order valence-electron chi connectivity index (χ1n) is 4.25. The number of nitrogens with one attached hydrogen (secondary N) is 1. The normalized spacial score (nSPS) is 10.1. The van der Waals surface area contributed by atoms with E-state index >= 15 is 0 Å². The van der Waals surface area contributed by atoms with E-state index in [9.17, 15) is 0 Å². The number of aryl methyl sites for hydroxylation is 1. The highest BCUT2D eigenvalue weighted by Crippen LogP contribution is 2.08. The number of anilines is 1. The van der Waals surface area contributed by atoms with Crippen LogP contribution in [0.3, 0.4) is 0 Å². The van der Waals surface area contributed by atoms with Gasteiger partial charge in [0.2, 0.25) is 0 Å². The summed E-state index contributed by atoms with van der Waals surface area (Å²) < 4.78 is 0. The molecule has 72 valence electrons. The highest BCUT2D eigenvalue weighted by atomic mass is 32.1. The summed E-state index contributed by atoms with van der Waals surface area (Å²) in [6.07, 6.45) is 3.60. The monoisotopic (exact) mass is 206 g/mol. The molecule has 0 aliphatic carbocycles. The maximum absolute atomic E-state index is 4.23. The van der Waals surface area contributed by atoms with Crippen molar-refractivity contribution in [3.05, 3.63) is 34.7 Å². The van der Waals surface area contributed by atoms with Gasteiger partial charge in [-0.1, -0.05) is 0 Å². The van der Waals surface area contributed by atoms with E-state index in [0.717, 1.165) is 18.2 Å². The number of aromatic nitrogens is 3. The van der Waals surface area contributed by atoms with Gasteiger partial charge in [-0.3, -0.25) is 4.98 Å². The molecule has 0 saturated carbocycles. The van der Waals surface area contributed by atoms with Crippen molar-refractivity contribution in [3.63, 3.8) is 0 Å². The van der Waals surface area contributed by atoms with E-state index in [1.54, 1.807) is 17.5 Å². The van der Waals surface area contributed by atoms with E-state index in [1.165, 1.54) is 4.88 Å². The molecule has 0 saturated heterocycles. The highest BCUT2D eigenvalue weighted by Gasteiger charge is 1.96. The van der Waals surface area contributed by atoms with Crippen molar-refractivity contribution in [1.29, 1.82) is 0 Å². The van der Waals surface area contributed by atoms with E-state index in [-0.39, 0.29) is 0 Å². The maximum Gasteiger partial charge on any atom is 0.129 e. The lowest BCUT2D eigenvalue weighted by Gasteiger charge is -2.02. The van der Waals surface area contributed by atoms with Crippen molar-refractivity contribution in [3.8, 4) is 0 Å². The summed E-state index contributed by atoms with van der Waals surface area (Å²) in [7, 11) is 0. The summed E-state index contributed by atoms with van der Waals surface area (Å²) in [6, 6.07) is 1.86. The predicted molar refractivity (Wildman–Crippen MR) is 56.2 cm³/mol. The minimum Gasteiger partial charge on any atom is -0.365 e. The fourth-order valence-electron chi connectivity index (χ4n) is 1.06. The summed E-state index contributed by atoms with van der Waals surface area (Å²) in [5, 5.41) is 3.21. The van der Waals surface area contributed by atoms with E-state index in [0.29, 0.717) is 0 Å². The van der Waals surface area contributed by atoms with Gasteiger partial charge in [0.15, 0.2) is 0 Å². The number of nitrogens with zero attached hydrogens (tertiary/aromatic N) is 3. The van der Waals surface area contributed by atoms with Crippen LogP contribution in [0.15, 0.2) is 24.0 Å². The van der Waals surface area contributed by atoms with Crippen LogP contribution >= 0.6 is 11.3 Å². The number of thiazole rings is 1. The van der Waals surface area contributed by atoms with Crippen molar-refractivity contribution in [1.82, 2.24) is 15.0 Å². The Morgan fingerprint density at radius 1 is 1.50 bits per heavy atom. The van der Waals surface area contributed by atoms with Crippen molar-refractivity contribution < 1.29 is 0 Å². The van der Waals surface area contributed by atoms with E-state index in [2.05, 4.69) is 20.3 Å². The molecule has 0 bridgehead atoms. The lowest BCUT2D eigenvalue weighted by molar-refractivity contribution is 1.03. The van der Waals surface area contributed by atoms with Crippen molar-refractivity contribution >= 4 is 17.2 Å². The molecule has 0 atom stereocenters. The van der Waals surface area contributed by atoms with Crippen LogP contribution < -0.4 is 5.32 Å². The molecule has 0 aliphatic heterocycles. The van der Waals surface area contributed by atoms with Crippen LogP contribution in [0.5, 0.6) is 0 Å². The van der Waals surface area contributed by atoms with Crippen LogP contribution in [0.25, 0.3) is 0 Å². The second-order valence-electron chi connectivity index (χ2n) is 2.81. The van der Waals surface area contributed by atoms with Gasteiger partial charge < -0.3 is 5.32 Å². The lowest BCUT2D eigenvalue weighted by Crippen LogP contribution is -2.01. The molecule has 1 N–H and O–H groups in total. The minimum absolute atomic E-state index is 0.765. The van der Waals surface area contributed by atoms with Gasteiger partial charge in [-0.2, -0.15) is 0 Å². The smallest absolute Gasteiger partial charge is 0.129 e. The summed E-state index contributed by atoms with van der Waals surface area (Å²) in [5.74, 6) is 1.63. The molecule has 4 nitrogen and oxygen atoms in total. The fraction of sp³-hybridized carbons (Fsp3) is 0.222. The van der Waals surface area contributed by atoms with E-state index < -0.39 is 0 Å². The van der Waals surface area contributed by atoms with Crippen molar-refractivity contribution in [2.75, 3.05) is 5.32 Å². The Bertz CT molecular complexity index is 399. The molecule has 0 unspecified atom stereocenters. The van der Waals surface area contributed by atoms with Crippen molar-refractivity contribution in [2.45, 2.75) is 13.5 Å². The Morgan fingerprint density at radius 2 is 2.43 bits per heavy atom. The lowest BCUT2D eigenvalue weighted by atomic mass is 10.5. The quantitative estimate of drug-likeness (QED) is 0.832. The van der Waals surface area contributed by atoms with Crippen LogP contribution in [0, 0.1) is 6.92 Å². The second kappa shape index (κ2) is 4.15. The zero-order chi connectivity index (χ0) is 9.80. The van der Waals surface area contributed by atoms with Crippen LogP contribution in [-0.2, 0) is 6.54 Å². The van der Waals surface area contributed by atoms with Gasteiger partial charge in [0.1, 0.15) is 11.6 Å². The molecule has 0 aromatic carbocycles. The van der Waals surface area contributed by atoms with Crippen LogP contribution in [0.2, 0.25) is 0 Å². The van der Waals surface area contributed by atoms with Crippen LogP contribution in [0.4, 0.5) is 5.82 Å². The third kappa shape index (κ3) is 2.26. The zero-order valence-electron chi connectivity index (χ0n) is 7.77. The summed E-state index contributed by atoms with van der Waals surface area (Å²) >= 11 is 1.63.